The summed E-state index contributed by atoms with van der Waals surface area (Å²) in [4.78, 5) is 23.9. The molecule has 0 fully saturated rings. The van der Waals surface area contributed by atoms with Crippen molar-refractivity contribution in [1.82, 2.24) is 10.2 Å². The fourth-order valence-corrected chi connectivity index (χ4v) is 1.83. The molecule has 0 aliphatic carbocycles. The molecule has 0 bridgehead atoms. The van der Waals surface area contributed by atoms with Gasteiger partial charge in [0.1, 0.15) is 5.75 Å². The van der Waals surface area contributed by atoms with Crippen molar-refractivity contribution >= 4 is 11.9 Å². The lowest BCUT2D eigenvalue weighted by atomic mass is 10.2. The van der Waals surface area contributed by atoms with Crippen molar-refractivity contribution in [2.24, 2.45) is 0 Å². The Hall–Kier alpha value is -2.08. The Morgan fingerprint density at radius 2 is 2.14 bits per heavy atom. The van der Waals surface area contributed by atoms with Gasteiger partial charge in [0.25, 0.3) is 0 Å². The smallest absolute Gasteiger partial charge is 0.304 e. The Bertz CT molecular complexity index is 491. The fourth-order valence-electron chi connectivity index (χ4n) is 1.83. The lowest BCUT2D eigenvalue weighted by molar-refractivity contribution is -0.137. The second-order valence-electron chi connectivity index (χ2n) is 5.15. The van der Waals surface area contributed by atoms with Crippen LogP contribution in [0, 0.1) is 0 Å². The molecule has 0 unspecified atom stereocenters. The lowest BCUT2D eigenvalue weighted by Gasteiger charge is -2.15. The molecular formula is C16H24N2O4. The van der Waals surface area contributed by atoms with Crippen LogP contribution >= 0.6 is 0 Å². The number of nitrogens with one attached hydrogen (secondary N) is 1. The molecule has 1 aromatic carbocycles. The average molecular weight is 308 g/mol. The first-order valence-electron chi connectivity index (χ1n) is 7.40. The van der Waals surface area contributed by atoms with Crippen molar-refractivity contribution < 1.29 is 19.4 Å². The molecule has 0 radical (unpaired) electrons. The number of benzene rings is 1. The van der Waals surface area contributed by atoms with Crippen LogP contribution in [0.5, 0.6) is 5.75 Å². The van der Waals surface area contributed by atoms with Crippen molar-refractivity contribution in [3.8, 4) is 5.75 Å². The highest BCUT2D eigenvalue weighted by molar-refractivity contribution is 5.78. The minimum Gasteiger partial charge on any atom is -0.494 e. The van der Waals surface area contributed by atoms with E-state index in [1.54, 1.807) is 11.9 Å². The van der Waals surface area contributed by atoms with Gasteiger partial charge in [-0.3, -0.25) is 14.5 Å². The van der Waals surface area contributed by atoms with E-state index < -0.39 is 5.97 Å². The molecule has 0 heterocycles. The third-order valence-corrected chi connectivity index (χ3v) is 2.98. The highest BCUT2D eigenvalue weighted by Gasteiger charge is 2.08. The molecule has 0 aliphatic rings. The maximum Gasteiger partial charge on any atom is 0.304 e. The zero-order chi connectivity index (χ0) is 16.4. The Morgan fingerprint density at radius 1 is 1.36 bits per heavy atom. The number of amides is 1. The van der Waals surface area contributed by atoms with Crippen LogP contribution in [-0.4, -0.2) is 48.6 Å². The molecule has 1 aromatic rings. The second-order valence-corrected chi connectivity index (χ2v) is 5.15. The van der Waals surface area contributed by atoms with Gasteiger partial charge in [-0.05, 0) is 31.2 Å². The number of likely N-dealkylation sites (N-methyl/N-ethyl adjacent to an activating group) is 1. The number of carboxylic acid groups (broad SMARTS) is 1. The van der Waals surface area contributed by atoms with Crippen LogP contribution in [-0.2, 0) is 16.1 Å². The number of carbonyl (C=O) groups excluding carboxylic acids is 1. The van der Waals surface area contributed by atoms with Crippen molar-refractivity contribution in [3.63, 3.8) is 0 Å². The summed E-state index contributed by atoms with van der Waals surface area (Å²) in [6.45, 7) is 3.67. The number of ether oxygens (including phenoxy) is 1. The maximum atomic E-state index is 11.8. The van der Waals surface area contributed by atoms with Crippen LogP contribution in [0.15, 0.2) is 24.3 Å². The van der Waals surface area contributed by atoms with Crippen molar-refractivity contribution in [2.45, 2.75) is 26.3 Å². The molecule has 1 amide bonds. The van der Waals surface area contributed by atoms with Gasteiger partial charge in [-0.15, -0.1) is 0 Å². The van der Waals surface area contributed by atoms with Gasteiger partial charge in [0.05, 0.1) is 19.6 Å². The molecule has 6 heteroatoms. The van der Waals surface area contributed by atoms with Gasteiger partial charge in [0.15, 0.2) is 0 Å². The number of carbonyl (C=O) groups is 2. The Kier molecular flexibility index (Phi) is 7.99. The number of carboxylic acids is 1. The topological polar surface area (TPSA) is 78.9 Å². The Balaban J connectivity index is 2.35. The SMILES string of the molecule is CCCOc1cccc(CNC(=O)CN(C)CCC(=O)O)c1. The average Bonchev–Trinajstić information content (AvgIpc) is 2.49. The van der Waals surface area contributed by atoms with Gasteiger partial charge in [0.2, 0.25) is 5.91 Å². The van der Waals surface area contributed by atoms with Gasteiger partial charge in [-0.1, -0.05) is 19.1 Å². The molecule has 0 aromatic heterocycles. The number of rotatable bonds is 10. The molecule has 0 aliphatic heterocycles. The predicted molar refractivity (Wildman–Crippen MR) is 83.8 cm³/mol. The first-order valence-corrected chi connectivity index (χ1v) is 7.40. The lowest BCUT2D eigenvalue weighted by Crippen LogP contribution is -2.35. The first kappa shape index (κ1) is 18.0. The Labute approximate surface area is 131 Å². The van der Waals surface area contributed by atoms with E-state index >= 15 is 0 Å². The van der Waals surface area contributed by atoms with Gasteiger partial charge >= 0.3 is 5.97 Å². The number of hydrogen-bond donors (Lipinski definition) is 2. The van der Waals surface area contributed by atoms with E-state index in [0.29, 0.717) is 19.7 Å². The highest BCUT2D eigenvalue weighted by Crippen LogP contribution is 2.13. The standard InChI is InChI=1S/C16H24N2O4/c1-3-9-22-14-6-4-5-13(10-14)11-17-15(19)12-18(2)8-7-16(20)21/h4-6,10H,3,7-9,11-12H2,1-2H3,(H,17,19)(H,20,21). The molecule has 0 atom stereocenters. The number of nitrogens with zero attached hydrogens (tertiary/aromatic N) is 1. The molecule has 6 nitrogen and oxygen atoms in total. The van der Waals surface area contributed by atoms with E-state index in [1.807, 2.05) is 31.2 Å². The van der Waals surface area contributed by atoms with Crippen LogP contribution in [0.25, 0.3) is 0 Å². The van der Waals surface area contributed by atoms with Crippen LogP contribution < -0.4 is 10.1 Å². The van der Waals surface area contributed by atoms with Gasteiger partial charge < -0.3 is 15.2 Å². The second kappa shape index (κ2) is 9.78. The zero-order valence-corrected chi connectivity index (χ0v) is 13.2. The summed E-state index contributed by atoms with van der Waals surface area (Å²) in [6.07, 6.45) is 0.976. The van der Waals surface area contributed by atoms with Crippen LogP contribution in [0.1, 0.15) is 25.3 Å². The number of aliphatic carboxylic acids is 1. The molecule has 0 saturated heterocycles. The highest BCUT2D eigenvalue weighted by atomic mass is 16.5. The van der Waals surface area contributed by atoms with Gasteiger partial charge in [0, 0.05) is 13.1 Å². The first-order chi connectivity index (χ1) is 10.5. The summed E-state index contributed by atoms with van der Waals surface area (Å²) in [5, 5.41) is 11.4. The van der Waals surface area contributed by atoms with Gasteiger partial charge in [-0.25, -0.2) is 0 Å². The number of hydrogen-bond acceptors (Lipinski definition) is 4. The molecule has 122 valence electrons. The third-order valence-electron chi connectivity index (χ3n) is 2.98. The van der Waals surface area contributed by atoms with E-state index in [4.69, 9.17) is 9.84 Å². The minimum absolute atomic E-state index is 0.0284. The zero-order valence-electron chi connectivity index (χ0n) is 13.2. The van der Waals surface area contributed by atoms with Crippen molar-refractivity contribution in [2.75, 3.05) is 26.7 Å². The van der Waals surface area contributed by atoms with E-state index in [2.05, 4.69) is 5.32 Å². The van der Waals surface area contributed by atoms with Crippen LogP contribution in [0.3, 0.4) is 0 Å². The summed E-state index contributed by atoms with van der Waals surface area (Å²) in [7, 11) is 1.72. The third kappa shape index (κ3) is 7.64. The normalized spacial score (nSPS) is 10.5. The summed E-state index contributed by atoms with van der Waals surface area (Å²) >= 11 is 0. The predicted octanol–water partition coefficient (Wildman–Crippen LogP) is 1.50. The van der Waals surface area contributed by atoms with Gasteiger partial charge in [-0.2, -0.15) is 0 Å². The van der Waals surface area contributed by atoms with Crippen LogP contribution in [0.2, 0.25) is 0 Å². The summed E-state index contributed by atoms with van der Waals surface area (Å²) in [5.74, 6) is -0.198. The molecule has 0 spiro atoms. The maximum absolute atomic E-state index is 11.8. The van der Waals surface area contributed by atoms with Crippen LogP contribution in [0.4, 0.5) is 0 Å². The molecule has 2 N–H and O–H groups in total. The van der Waals surface area contributed by atoms with Crippen molar-refractivity contribution in [1.29, 1.82) is 0 Å². The minimum atomic E-state index is -0.865. The largest absolute Gasteiger partial charge is 0.494 e. The van der Waals surface area contributed by atoms with E-state index in [1.165, 1.54) is 0 Å². The summed E-state index contributed by atoms with van der Waals surface area (Å²) in [5.41, 5.74) is 0.968. The molecule has 1 rings (SSSR count). The molecule has 0 saturated carbocycles. The van der Waals surface area contributed by atoms with E-state index in [-0.39, 0.29) is 18.9 Å². The van der Waals surface area contributed by atoms with E-state index in [9.17, 15) is 9.59 Å². The fraction of sp³-hybridized carbons (Fsp3) is 0.500. The van der Waals surface area contributed by atoms with E-state index in [0.717, 1.165) is 17.7 Å². The quantitative estimate of drug-likeness (QED) is 0.685. The van der Waals surface area contributed by atoms with Crippen molar-refractivity contribution in [3.05, 3.63) is 29.8 Å². The Morgan fingerprint density at radius 3 is 2.82 bits per heavy atom. The monoisotopic (exact) mass is 308 g/mol. The summed E-state index contributed by atoms with van der Waals surface area (Å²) in [6, 6.07) is 7.61. The molecular weight excluding hydrogens is 284 g/mol. The molecule has 22 heavy (non-hydrogen) atoms. The summed E-state index contributed by atoms with van der Waals surface area (Å²) < 4.78 is 5.55.